The third-order valence-corrected chi connectivity index (χ3v) is 4.27. The fourth-order valence-electron chi connectivity index (χ4n) is 1.93. The van der Waals surface area contributed by atoms with Crippen molar-refractivity contribution in [3.8, 4) is 0 Å². The molecule has 20 heavy (non-hydrogen) atoms. The highest BCUT2D eigenvalue weighted by molar-refractivity contribution is 7.99. The van der Waals surface area contributed by atoms with Crippen LogP contribution in [0, 0.1) is 6.92 Å². The van der Waals surface area contributed by atoms with Gasteiger partial charge in [0.1, 0.15) is 0 Å². The van der Waals surface area contributed by atoms with Gasteiger partial charge in [-0.05, 0) is 48.7 Å². The minimum atomic E-state index is 0.267. The van der Waals surface area contributed by atoms with Crippen molar-refractivity contribution in [1.29, 1.82) is 0 Å². The van der Waals surface area contributed by atoms with E-state index >= 15 is 0 Å². The number of benzene rings is 2. The number of rotatable bonds is 7. The van der Waals surface area contributed by atoms with Gasteiger partial charge in [0.05, 0.1) is 0 Å². The molecule has 2 rings (SSSR count). The highest BCUT2D eigenvalue weighted by atomic mass is 32.2. The number of anilines is 1. The molecule has 0 saturated carbocycles. The van der Waals surface area contributed by atoms with Crippen molar-refractivity contribution in [2.24, 2.45) is 0 Å². The lowest BCUT2D eigenvalue weighted by Gasteiger charge is -2.09. The van der Waals surface area contributed by atoms with E-state index in [1.54, 1.807) is 11.8 Å². The van der Waals surface area contributed by atoms with E-state index in [4.69, 9.17) is 5.11 Å². The first kappa shape index (κ1) is 14.9. The van der Waals surface area contributed by atoms with Gasteiger partial charge in [-0.2, -0.15) is 0 Å². The van der Waals surface area contributed by atoms with Gasteiger partial charge in [0.15, 0.2) is 0 Å². The van der Waals surface area contributed by atoms with Crippen LogP contribution in [0.25, 0.3) is 0 Å². The zero-order valence-corrected chi connectivity index (χ0v) is 12.6. The van der Waals surface area contributed by atoms with Gasteiger partial charge in [-0.1, -0.05) is 24.3 Å². The summed E-state index contributed by atoms with van der Waals surface area (Å²) in [5, 5.41) is 12.2. The van der Waals surface area contributed by atoms with Crippen molar-refractivity contribution in [3.63, 3.8) is 0 Å². The first-order valence-corrected chi connectivity index (χ1v) is 7.90. The quantitative estimate of drug-likeness (QED) is 0.594. The fraction of sp³-hybridized carbons (Fsp3) is 0.294. The summed E-state index contributed by atoms with van der Waals surface area (Å²) in [7, 11) is 0. The average molecular weight is 287 g/mol. The number of aryl methyl sites for hydroxylation is 1. The minimum absolute atomic E-state index is 0.267. The van der Waals surface area contributed by atoms with Gasteiger partial charge in [-0.3, -0.25) is 0 Å². The van der Waals surface area contributed by atoms with Crippen molar-refractivity contribution in [2.75, 3.05) is 17.7 Å². The Hall–Kier alpha value is -1.45. The standard InChI is InChI=1S/C17H21NOS/c1-14-5-2-3-6-15(14)13-18-16-7-9-17(10-8-16)20-12-4-11-19/h2-3,5-10,18-19H,4,11-13H2,1H3. The van der Waals surface area contributed by atoms with Crippen LogP contribution in [-0.2, 0) is 6.54 Å². The van der Waals surface area contributed by atoms with Crippen LogP contribution in [-0.4, -0.2) is 17.5 Å². The lowest BCUT2D eigenvalue weighted by molar-refractivity contribution is 0.296. The van der Waals surface area contributed by atoms with Crippen molar-refractivity contribution in [2.45, 2.75) is 24.8 Å². The molecule has 3 heteroatoms. The summed E-state index contributed by atoms with van der Waals surface area (Å²) < 4.78 is 0. The van der Waals surface area contributed by atoms with Gasteiger partial charge in [-0.25, -0.2) is 0 Å². The number of thioether (sulfide) groups is 1. The molecule has 0 aromatic heterocycles. The van der Waals surface area contributed by atoms with Crippen molar-refractivity contribution in [3.05, 3.63) is 59.7 Å². The summed E-state index contributed by atoms with van der Waals surface area (Å²) in [5.41, 5.74) is 3.78. The second kappa shape index (κ2) is 7.98. The van der Waals surface area contributed by atoms with E-state index in [-0.39, 0.29) is 6.61 Å². The Kier molecular flexibility index (Phi) is 5.96. The van der Waals surface area contributed by atoms with Crippen LogP contribution in [0.3, 0.4) is 0 Å². The van der Waals surface area contributed by atoms with Gasteiger partial charge >= 0.3 is 0 Å². The summed E-state index contributed by atoms with van der Waals surface area (Å²) in [6, 6.07) is 16.9. The zero-order chi connectivity index (χ0) is 14.2. The Morgan fingerprint density at radius 1 is 1.05 bits per heavy atom. The molecule has 0 saturated heterocycles. The van der Waals surface area contributed by atoms with Gasteiger partial charge in [-0.15, -0.1) is 11.8 Å². The summed E-state index contributed by atoms with van der Waals surface area (Å²) in [6.07, 6.45) is 0.845. The molecule has 2 aromatic carbocycles. The van der Waals surface area contributed by atoms with Crippen LogP contribution in [0.5, 0.6) is 0 Å². The van der Waals surface area contributed by atoms with Crippen molar-refractivity contribution < 1.29 is 5.11 Å². The third-order valence-electron chi connectivity index (χ3n) is 3.17. The summed E-state index contributed by atoms with van der Waals surface area (Å²) >= 11 is 1.78. The zero-order valence-electron chi connectivity index (χ0n) is 11.8. The van der Waals surface area contributed by atoms with Crippen LogP contribution < -0.4 is 5.32 Å². The van der Waals surface area contributed by atoms with Gasteiger partial charge < -0.3 is 10.4 Å². The molecule has 106 valence electrons. The van der Waals surface area contributed by atoms with Crippen LogP contribution in [0.4, 0.5) is 5.69 Å². The maximum Gasteiger partial charge on any atom is 0.0439 e. The number of hydrogen-bond acceptors (Lipinski definition) is 3. The third kappa shape index (κ3) is 4.58. The highest BCUT2D eigenvalue weighted by Crippen LogP contribution is 2.21. The molecule has 0 aliphatic carbocycles. The van der Waals surface area contributed by atoms with Crippen molar-refractivity contribution in [1.82, 2.24) is 0 Å². The van der Waals surface area contributed by atoms with E-state index in [2.05, 4.69) is 60.8 Å². The molecular weight excluding hydrogens is 266 g/mol. The molecule has 0 radical (unpaired) electrons. The summed E-state index contributed by atoms with van der Waals surface area (Å²) in [5.74, 6) is 0.965. The Bertz CT molecular complexity index is 525. The number of hydrogen-bond donors (Lipinski definition) is 2. The van der Waals surface area contributed by atoms with E-state index < -0.39 is 0 Å². The predicted molar refractivity (Wildman–Crippen MR) is 87.4 cm³/mol. The summed E-state index contributed by atoms with van der Waals surface area (Å²) in [4.78, 5) is 1.25. The maximum absolute atomic E-state index is 8.77. The molecular formula is C17H21NOS. The molecule has 0 bridgehead atoms. The van der Waals surface area contributed by atoms with Crippen LogP contribution >= 0.6 is 11.8 Å². The number of aliphatic hydroxyl groups excluding tert-OH is 1. The molecule has 2 nitrogen and oxygen atoms in total. The topological polar surface area (TPSA) is 32.3 Å². The average Bonchev–Trinajstić information content (AvgIpc) is 2.48. The molecule has 0 heterocycles. The molecule has 0 unspecified atom stereocenters. The lowest BCUT2D eigenvalue weighted by Crippen LogP contribution is -2.00. The van der Waals surface area contributed by atoms with E-state index in [0.29, 0.717) is 0 Å². The normalized spacial score (nSPS) is 10.5. The monoisotopic (exact) mass is 287 g/mol. The fourth-order valence-corrected chi connectivity index (χ4v) is 2.77. The molecule has 2 aromatic rings. The SMILES string of the molecule is Cc1ccccc1CNc1ccc(SCCCO)cc1. The van der Waals surface area contributed by atoms with E-state index in [1.165, 1.54) is 16.0 Å². The highest BCUT2D eigenvalue weighted by Gasteiger charge is 1.98. The lowest BCUT2D eigenvalue weighted by atomic mass is 10.1. The molecule has 0 aliphatic heterocycles. The number of nitrogens with one attached hydrogen (secondary N) is 1. The van der Waals surface area contributed by atoms with Gasteiger partial charge in [0.2, 0.25) is 0 Å². The van der Waals surface area contributed by atoms with Gasteiger partial charge in [0.25, 0.3) is 0 Å². The van der Waals surface area contributed by atoms with E-state index in [1.807, 2.05) is 0 Å². The van der Waals surface area contributed by atoms with Gasteiger partial charge in [0, 0.05) is 29.5 Å². The Morgan fingerprint density at radius 2 is 1.80 bits per heavy atom. The molecule has 0 atom stereocenters. The summed E-state index contributed by atoms with van der Waals surface area (Å²) in [6.45, 7) is 3.25. The second-order valence-corrected chi connectivity index (χ2v) is 5.90. The molecule has 0 aliphatic rings. The largest absolute Gasteiger partial charge is 0.396 e. The first-order valence-electron chi connectivity index (χ1n) is 6.91. The van der Waals surface area contributed by atoms with E-state index in [9.17, 15) is 0 Å². The minimum Gasteiger partial charge on any atom is -0.396 e. The maximum atomic E-state index is 8.77. The predicted octanol–water partition coefficient (Wildman–Crippen LogP) is 4.08. The second-order valence-electron chi connectivity index (χ2n) is 4.73. The molecule has 0 amide bonds. The Morgan fingerprint density at radius 3 is 2.50 bits per heavy atom. The Balaban J connectivity index is 1.86. The molecule has 2 N–H and O–H groups in total. The number of aliphatic hydroxyl groups is 1. The molecule has 0 fully saturated rings. The van der Waals surface area contributed by atoms with Crippen LogP contribution in [0.2, 0.25) is 0 Å². The van der Waals surface area contributed by atoms with Crippen molar-refractivity contribution >= 4 is 17.4 Å². The molecule has 0 spiro atoms. The van der Waals surface area contributed by atoms with Crippen LogP contribution in [0.1, 0.15) is 17.5 Å². The first-order chi connectivity index (χ1) is 9.79. The van der Waals surface area contributed by atoms with Crippen LogP contribution in [0.15, 0.2) is 53.4 Å². The smallest absolute Gasteiger partial charge is 0.0439 e. The van der Waals surface area contributed by atoms with E-state index in [0.717, 1.165) is 24.4 Å². The Labute approximate surface area is 125 Å².